The minimum Gasteiger partial charge on any atom is -0.497 e. The molecule has 3 heteroatoms. The first-order valence-corrected chi connectivity index (χ1v) is 9.31. The topological polar surface area (TPSA) is 29.5 Å². The maximum absolute atomic E-state index is 10.8. The first kappa shape index (κ1) is 15.8. The number of thioether (sulfide) groups is 1. The lowest BCUT2D eigenvalue weighted by Crippen LogP contribution is -2.14. The maximum atomic E-state index is 10.8. The monoisotopic (exact) mass is 338 g/mol. The molecule has 124 valence electrons. The van der Waals surface area contributed by atoms with Gasteiger partial charge in [-0.25, -0.2) is 0 Å². The Morgan fingerprint density at radius 2 is 1.92 bits per heavy atom. The van der Waals surface area contributed by atoms with Crippen LogP contribution in [0.3, 0.4) is 0 Å². The molecule has 2 aliphatic carbocycles. The number of hydrogen-bond acceptors (Lipinski definition) is 3. The summed E-state index contributed by atoms with van der Waals surface area (Å²) in [7, 11) is 1.68. The van der Waals surface area contributed by atoms with E-state index in [0.717, 1.165) is 24.2 Å². The van der Waals surface area contributed by atoms with Crippen LogP contribution in [-0.2, 0) is 6.42 Å². The van der Waals surface area contributed by atoms with Crippen molar-refractivity contribution in [1.29, 1.82) is 0 Å². The fraction of sp³-hybridized carbons (Fsp3) is 0.333. The summed E-state index contributed by atoms with van der Waals surface area (Å²) < 4.78 is 5.48. The summed E-state index contributed by atoms with van der Waals surface area (Å²) >= 11 is 1.93. The number of aryl methyl sites for hydroxylation is 1. The van der Waals surface area contributed by atoms with Crippen molar-refractivity contribution in [1.82, 2.24) is 0 Å². The van der Waals surface area contributed by atoms with Crippen LogP contribution in [0.1, 0.15) is 36.5 Å². The average Bonchev–Trinajstić information content (AvgIpc) is 3.37. The van der Waals surface area contributed by atoms with E-state index in [1.165, 1.54) is 28.9 Å². The summed E-state index contributed by atoms with van der Waals surface area (Å²) in [6.45, 7) is 0. The minimum atomic E-state index is -0.478. The van der Waals surface area contributed by atoms with Crippen LogP contribution in [0.5, 0.6) is 5.75 Å². The van der Waals surface area contributed by atoms with Crippen molar-refractivity contribution in [3.8, 4) is 5.75 Å². The zero-order valence-electron chi connectivity index (χ0n) is 13.9. The van der Waals surface area contributed by atoms with Gasteiger partial charge < -0.3 is 9.84 Å². The van der Waals surface area contributed by atoms with Gasteiger partial charge in [-0.15, -0.1) is 11.8 Å². The van der Waals surface area contributed by atoms with Gasteiger partial charge in [0.15, 0.2) is 0 Å². The fourth-order valence-electron chi connectivity index (χ4n) is 3.42. The summed E-state index contributed by atoms with van der Waals surface area (Å²) in [5.41, 5.74) is 3.42. The van der Waals surface area contributed by atoms with Crippen LogP contribution in [0.15, 0.2) is 65.1 Å². The number of rotatable bonds is 4. The third-order valence-corrected chi connectivity index (χ3v) is 6.38. The molecule has 0 aliphatic heterocycles. The zero-order valence-corrected chi connectivity index (χ0v) is 14.7. The van der Waals surface area contributed by atoms with Crippen molar-refractivity contribution in [2.75, 3.05) is 7.11 Å². The second-order valence-electron chi connectivity index (χ2n) is 6.67. The van der Waals surface area contributed by atoms with Crippen LogP contribution in [0.4, 0.5) is 0 Å². The molecule has 0 radical (unpaired) electrons. The molecule has 0 amide bonds. The van der Waals surface area contributed by atoms with Gasteiger partial charge in [0.2, 0.25) is 0 Å². The summed E-state index contributed by atoms with van der Waals surface area (Å²) in [4.78, 5) is 1.31. The smallest absolute Gasteiger partial charge is 0.119 e. The predicted octanol–water partition coefficient (Wildman–Crippen LogP) is 4.93. The SMILES string of the molecule is COc1ccc2c(c1)CC/C(=C/C1(Sc3ccccc3)CC1)[C@@H]2O. The second-order valence-corrected chi connectivity index (χ2v) is 8.16. The van der Waals surface area contributed by atoms with Gasteiger partial charge in [0.05, 0.1) is 7.11 Å². The third-order valence-electron chi connectivity index (χ3n) is 4.93. The molecule has 1 saturated carbocycles. The highest BCUT2D eigenvalue weighted by molar-refractivity contribution is 8.01. The molecule has 2 aromatic carbocycles. The van der Waals surface area contributed by atoms with Gasteiger partial charge >= 0.3 is 0 Å². The Morgan fingerprint density at radius 3 is 2.62 bits per heavy atom. The fourth-order valence-corrected chi connectivity index (χ4v) is 4.70. The standard InChI is InChI=1S/C21H22O2S/c1-23-17-9-10-19-15(13-17)7-8-16(20(19)22)14-21(11-12-21)24-18-5-3-2-4-6-18/h2-6,9-10,13-14,20,22H,7-8,11-12H2,1H3/b16-14-/t20-/m0/s1. The summed E-state index contributed by atoms with van der Waals surface area (Å²) in [5.74, 6) is 0.867. The van der Waals surface area contributed by atoms with Gasteiger partial charge in [-0.2, -0.15) is 0 Å². The Kier molecular flexibility index (Phi) is 4.15. The van der Waals surface area contributed by atoms with E-state index in [2.05, 4.69) is 42.5 Å². The number of fused-ring (bicyclic) bond motifs is 1. The third kappa shape index (κ3) is 3.11. The van der Waals surface area contributed by atoms with Crippen LogP contribution in [0, 0.1) is 0 Å². The number of ether oxygens (including phenoxy) is 1. The van der Waals surface area contributed by atoms with E-state index in [1.54, 1.807) is 7.11 Å². The van der Waals surface area contributed by atoms with E-state index in [0.29, 0.717) is 0 Å². The molecule has 0 bridgehead atoms. The van der Waals surface area contributed by atoms with Crippen LogP contribution >= 0.6 is 11.8 Å². The second kappa shape index (κ2) is 6.30. The van der Waals surface area contributed by atoms with Gasteiger partial charge in [0, 0.05) is 9.64 Å². The van der Waals surface area contributed by atoms with Crippen LogP contribution in [0.25, 0.3) is 0 Å². The first-order chi connectivity index (χ1) is 11.7. The van der Waals surface area contributed by atoms with Crippen molar-refractivity contribution in [3.05, 3.63) is 71.3 Å². The van der Waals surface area contributed by atoms with E-state index >= 15 is 0 Å². The molecule has 24 heavy (non-hydrogen) atoms. The number of hydrogen-bond donors (Lipinski definition) is 1. The quantitative estimate of drug-likeness (QED) is 0.802. The Hall–Kier alpha value is -1.71. The highest BCUT2D eigenvalue weighted by Crippen LogP contribution is 2.54. The van der Waals surface area contributed by atoms with Gasteiger partial charge in [0.1, 0.15) is 11.9 Å². The molecule has 1 N–H and O–H groups in total. The van der Waals surface area contributed by atoms with Crippen molar-refractivity contribution >= 4 is 11.8 Å². The molecule has 1 atom stereocenters. The molecule has 0 aromatic heterocycles. The number of methoxy groups -OCH3 is 1. The van der Waals surface area contributed by atoms with E-state index in [9.17, 15) is 5.11 Å². The molecule has 0 heterocycles. The number of benzene rings is 2. The molecule has 0 saturated heterocycles. The van der Waals surface area contributed by atoms with Gasteiger partial charge in [0.25, 0.3) is 0 Å². The Balaban J connectivity index is 1.57. The lowest BCUT2D eigenvalue weighted by molar-refractivity contribution is 0.204. The number of aliphatic hydroxyl groups is 1. The van der Waals surface area contributed by atoms with Crippen molar-refractivity contribution in [2.45, 2.75) is 41.4 Å². The van der Waals surface area contributed by atoms with Crippen molar-refractivity contribution in [3.63, 3.8) is 0 Å². The molecule has 4 rings (SSSR count). The van der Waals surface area contributed by atoms with Crippen molar-refractivity contribution in [2.24, 2.45) is 0 Å². The number of aliphatic hydroxyl groups excluding tert-OH is 1. The minimum absolute atomic E-state index is 0.182. The summed E-state index contributed by atoms with van der Waals surface area (Å²) in [6, 6.07) is 16.6. The summed E-state index contributed by atoms with van der Waals surface area (Å²) in [5, 5.41) is 10.8. The van der Waals surface area contributed by atoms with Gasteiger partial charge in [-0.3, -0.25) is 0 Å². The van der Waals surface area contributed by atoms with Crippen LogP contribution < -0.4 is 4.74 Å². The normalized spacial score (nSPS) is 22.9. The predicted molar refractivity (Wildman–Crippen MR) is 98.6 cm³/mol. The maximum Gasteiger partial charge on any atom is 0.119 e. The lowest BCUT2D eigenvalue weighted by Gasteiger charge is -2.26. The van der Waals surface area contributed by atoms with Crippen LogP contribution in [0.2, 0.25) is 0 Å². The van der Waals surface area contributed by atoms with Gasteiger partial charge in [-0.1, -0.05) is 30.3 Å². The average molecular weight is 338 g/mol. The molecule has 2 aromatic rings. The van der Waals surface area contributed by atoms with E-state index in [1.807, 2.05) is 23.9 Å². The summed E-state index contributed by atoms with van der Waals surface area (Å²) in [6.07, 6.45) is 6.16. The van der Waals surface area contributed by atoms with E-state index in [-0.39, 0.29) is 4.75 Å². The largest absolute Gasteiger partial charge is 0.497 e. The van der Waals surface area contributed by atoms with Crippen molar-refractivity contribution < 1.29 is 9.84 Å². The lowest BCUT2D eigenvalue weighted by atomic mass is 9.85. The first-order valence-electron chi connectivity index (χ1n) is 8.50. The molecular weight excluding hydrogens is 316 g/mol. The molecule has 2 nitrogen and oxygen atoms in total. The molecule has 2 aliphatic rings. The molecular formula is C21H22O2S. The molecule has 0 unspecified atom stereocenters. The Morgan fingerprint density at radius 1 is 1.12 bits per heavy atom. The Labute approximate surface area is 147 Å². The van der Waals surface area contributed by atoms with E-state index in [4.69, 9.17) is 4.74 Å². The molecule has 1 fully saturated rings. The zero-order chi connectivity index (χ0) is 16.6. The Bertz CT molecular complexity index is 763. The van der Waals surface area contributed by atoms with Crippen LogP contribution in [-0.4, -0.2) is 17.0 Å². The van der Waals surface area contributed by atoms with Gasteiger partial charge in [-0.05, 0) is 66.6 Å². The van der Waals surface area contributed by atoms with E-state index < -0.39 is 6.10 Å². The highest BCUT2D eigenvalue weighted by atomic mass is 32.2. The molecule has 0 spiro atoms. The highest BCUT2D eigenvalue weighted by Gasteiger charge is 2.42.